The molecular weight excluding hydrogens is 647 g/mol. The number of fused-ring (bicyclic) bond motifs is 10. The van der Waals surface area contributed by atoms with Crippen molar-refractivity contribution < 1.29 is 8.83 Å². The quantitative estimate of drug-likeness (QED) is 0.170. The van der Waals surface area contributed by atoms with Crippen molar-refractivity contribution in [2.75, 3.05) is 4.90 Å². The zero-order valence-corrected chi connectivity index (χ0v) is 28.7. The standard InChI is InChI=1S/C50H31NO2/c1-3-13-32(14-4-1)33-23-25-36(26-24-33)51(35-16-5-2-6-17-35)43-28-27-40(42-31-34-15-7-8-18-37(34)38-19-9-10-20-39(38)42)48-49-46(53-50(43)48)30-29-45-47(49)41-21-11-12-22-44(41)52-45/h1-31H. The van der Waals surface area contributed by atoms with Crippen molar-refractivity contribution in [3.05, 3.63) is 188 Å². The summed E-state index contributed by atoms with van der Waals surface area (Å²) in [5, 5.41) is 9.15. The summed E-state index contributed by atoms with van der Waals surface area (Å²) in [6.07, 6.45) is 0. The summed E-state index contributed by atoms with van der Waals surface area (Å²) in [6, 6.07) is 66.6. The second-order valence-corrected chi connectivity index (χ2v) is 13.6. The molecule has 0 fully saturated rings. The van der Waals surface area contributed by atoms with Gasteiger partial charge >= 0.3 is 0 Å². The van der Waals surface area contributed by atoms with Crippen molar-refractivity contribution in [2.24, 2.45) is 0 Å². The van der Waals surface area contributed by atoms with Crippen molar-refractivity contribution >= 4 is 82.5 Å². The van der Waals surface area contributed by atoms with E-state index in [1.165, 1.54) is 38.2 Å². The zero-order valence-electron chi connectivity index (χ0n) is 28.7. The Morgan fingerprint density at radius 2 is 0.943 bits per heavy atom. The molecule has 11 aromatic rings. The molecule has 0 saturated carbocycles. The van der Waals surface area contributed by atoms with Gasteiger partial charge in [-0.05, 0) is 98.4 Å². The molecule has 9 aromatic carbocycles. The molecule has 3 nitrogen and oxygen atoms in total. The normalized spacial score (nSPS) is 11.8. The monoisotopic (exact) mass is 677 g/mol. The number of furan rings is 2. The Morgan fingerprint density at radius 1 is 0.340 bits per heavy atom. The van der Waals surface area contributed by atoms with Crippen LogP contribution in [0.2, 0.25) is 0 Å². The highest BCUT2D eigenvalue weighted by molar-refractivity contribution is 6.31. The Kier molecular flexibility index (Phi) is 6.55. The zero-order chi connectivity index (χ0) is 34.9. The van der Waals surface area contributed by atoms with Crippen molar-refractivity contribution in [1.82, 2.24) is 0 Å². The van der Waals surface area contributed by atoms with Crippen LogP contribution in [0.1, 0.15) is 0 Å². The predicted molar refractivity (Wildman–Crippen MR) is 222 cm³/mol. The first kappa shape index (κ1) is 29.6. The molecular formula is C50H31NO2. The maximum absolute atomic E-state index is 7.11. The van der Waals surface area contributed by atoms with E-state index >= 15 is 0 Å². The summed E-state index contributed by atoms with van der Waals surface area (Å²) in [6.45, 7) is 0. The lowest BCUT2D eigenvalue weighted by Crippen LogP contribution is -2.10. The fourth-order valence-electron chi connectivity index (χ4n) is 8.28. The number of hydrogen-bond donors (Lipinski definition) is 0. The molecule has 0 N–H and O–H groups in total. The van der Waals surface area contributed by atoms with Gasteiger partial charge in [0, 0.05) is 32.9 Å². The maximum Gasteiger partial charge on any atom is 0.160 e. The van der Waals surface area contributed by atoms with Crippen molar-refractivity contribution in [2.45, 2.75) is 0 Å². The third-order valence-electron chi connectivity index (χ3n) is 10.7. The van der Waals surface area contributed by atoms with Gasteiger partial charge in [0.15, 0.2) is 5.58 Å². The van der Waals surface area contributed by atoms with Gasteiger partial charge in [0.1, 0.15) is 16.7 Å². The van der Waals surface area contributed by atoms with E-state index in [1.54, 1.807) is 0 Å². The molecule has 0 bridgehead atoms. The number of rotatable bonds is 5. The van der Waals surface area contributed by atoms with E-state index in [1.807, 2.05) is 18.2 Å². The van der Waals surface area contributed by atoms with Crippen LogP contribution in [-0.4, -0.2) is 0 Å². The van der Waals surface area contributed by atoms with Gasteiger partial charge in [-0.3, -0.25) is 0 Å². The molecule has 0 aliphatic rings. The van der Waals surface area contributed by atoms with Gasteiger partial charge in [0.2, 0.25) is 0 Å². The van der Waals surface area contributed by atoms with Crippen LogP contribution in [0.3, 0.4) is 0 Å². The molecule has 53 heavy (non-hydrogen) atoms. The Bertz CT molecular complexity index is 3160. The van der Waals surface area contributed by atoms with E-state index in [2.05, 4.69) is 175 Å². The van der Waals surface area contributed by atoms with Crippen molar-refractivity contribution in [3.8, 4) is 22.3 Å². The first-order valence-electron chi connectivity index (χ1n) is 18.0. The molecule has 2 heterocycles. The lowest BCUT2D eigenvalue weighted by molar-refractivity contribution is 0.663. The first-order chi connectivity index (χ1) is 26.3. The minimum Gasteiger partial charge on any atom is -0.456 e. The third-order valence-corrected chi connectivity index (χ3v) is 10.7. The smallest absolute Gasteiger partial charge is 0.160 e. The van der Waals surface area contributed by atoms with Crippen LogP contribution < -0.4 is 4.90 Å². The summed E-state index contributed by atoms with van der Waals surface area (Å²) in [5.41, 5.74) is 11.1. The van der Waals surface area contributed by atoms with Gasteiger partial charge in [0.05, 0.1) is 5.69 Å². The molecule has 0 radical (unpaired) electrons. The van der Waals surface area contributed by atoms with Gasteiger partial charge in [-0.1, -0.05) is 133 Å². The van der Waals surface area contributed by atoms with Gasteiger partial charge in [0.25, 0.3) is 0 Å². The number of benzene rings is 9. The molecule has 248 valence electrons. The highest BCUT2D eigenvalue weighted by Gasteiger charge is 2.25. The Labute approximate surface area is 305 Å². The van der Waals surface area contributed by atoms with Gasteiger partial charge < -0.3 is 13.7 Å². The molecule has 0 spiro atoms. The van der Waals surface area contributed by atoms with Crippen LogP contribution in [-0.2, 0) is 0 Å². The van der Waals surface area contributed by atoms with Gasteiger partial charge in [-0.25, -0.2) is 0 Å². The highest BCUT2D eigenvalue weighted by atomic mass is 16.3. The lowest BCUT2D eigenvalue weighted by Gasteiger charge is -2.26. The van der Waals surface area contributed by atoms with E-state index in [4.69, 9.17) is 8.83 Å². The molecule has 3 heteroatoms. The largest absolute Gasteiger partial charge is 0.456 e. The second kappa shape index (κ2) is 11.7. The van der Waals surface area contributed by atoms with E-state index in [0.29, 0.717) is 0 Å². The number of hydrogen-bond acceptors (Lipinski definition) is 3. The molecule has 0 atom stereocenters. The summed E-state index contributed by atoms with van der Waals surface area (Å²) in [7, 11) is 0. The van der Waals surface area contributed by atoms with E-state index in [-0.39, 0.29) is 0 Å². The van der Waals surface area contributed by atoms with Crippen molar-refractivity contribution in [1.29, 1.82) is 0 Å². The van der Waals surface area contributed by atoms with E-state index in [0.717, 1.165) is 66.5 Å². The Hall–Kier alpha value is -7.10. The predicted octanol–water partition coefficient (Wildman–Crippen LogP) is 14.6. The lowest BCUT2D eigenvalue weighted by atomic mass is 9.90. The van der Waals surface area contributed by atoms with E-state index in [9.17, 15) is 0 Å². The average molecular weight is 678 g/mol. The van der Waals surface area contributed by atoms with E-state index < -0.39 is 0 Å². The first-order valence-corrected chi connectivity index (χ1v) is 18.0. The summed E-state index contributed by atoms with van der Waals surface area (Å²) in [5.74, 6) is 0. The molecule has 2 aromatic heterocycles. The fourth-order valence-corrected chi connectivity index (χ4v) is 8.28. The van der Waals surface area contributed by atoms with Crippen molar-refractivity contribution in [3.63, 3.8) is 0 Å². The summed E-state index contributed by atoms with van der Waals surface area (Å²) >= 11 is 0. The van der Waals surface area contributed by atoms with Crippen LogP contribution in [0.25, 0.3) is 87.7 Å². The van der Waals surface area contributed by atoms with Crippen LogP contribution >= 0.6 is 0 Å². The summed E-state index contributed by atoms with van der Waals surface area (Å²) in [4.78, 5) is 2.31. The maximum atomic E-state index is 7.11. The number of anilines is 3. The molecule has 0 aliphatic carbocycles. The summed E-state index contributed by atoms with van der Waals surface area (Å²) < 4.78 is 13.6. The molecule has 0 saturated heterocycles. The number of nitrogens with zero attached hydrogens (tertiary/aromatic N) is 1. The van der Waals surface area contributed by atoms with Crippen LogP contribution in [0.4, 0.5) is 17.1 Å². The SMILES string of the molecule is c1ccc(-c2ccc(N(c3ccccc3)c3ccc(-c4cc5ccccc5c5ccccc45)c4c3oc3ccc5oc6ccccc6c5c34)cc2)cc1. The highest BCUT2D eigenvalue weighted by Crippen LogP contribution is 2.50. The second-order valence-electron chi connectivity index (χ2n) is 13.6. The fraction of sp³-hybridized carbons (Fsp3) is 0. The molecule has 0 aliphatic heterocycles. The average Bonchev–Trinajstić information content (AvgIpc) is 3.81. The molecule has 0 unspecified atom stereocenters. The van der Waals surface area contributed by atoms with Crippen LogP contribution in [0, 0.1) is 0 Å². The van der Waals surface area contributed by atoms with Crippen LogP contribution in [0.5, 0.6) is 0 Å². The number of para-hydroxylation sites is 2. The van der Waals surface area contributed by atoms with Gasteiger partial charge in [-0.2, -0.15) is 0 Å². The van der Waals surface area contributed by atoms with Crippen LogP contribution in [0.15, 0.2) is 197 Å². The molecule has 11 rings (SSSR count). The third kappa shape index (κ3) is 4.61. The van der Waals surface area contributed by atoms with Gasteiger partial charge in [-0.15, -0.1) is 0 Å². The topological polar surface area (TPSA) is 29.5 Å². The Morgan fingerprint density at radius 3 is 1.74 bits per heavy atom. The minimum absolute atomic E-state index is 0.823. The molecule has 0 amide bonds. The minimum atomic E-state index is 0.823. The Balaban J connectivity index is 1.26.